The first kappa shape index (κ1) is 19.4. The number of carbonyl (C=O) groups excluding carboxylic acids is 2. The molecule has 1 atom stereocenters. The Morgan fingerprint density at radius 1 is 0.962 bits per heavy atom. The minimum atomic E-state index is -0.823. The second kappa shape index (κ2) is 8.94. The molecule has 0 aliphatic carbocycles. The Kier molecular flexibility index (Phi) is 6.66. The van der Waals surface area contributed by atoms with Crippen molar-refractivity contribution in [3.05, 3.63) is 71.3 Å². The lowest BCUT2D eigenvalue weighted by Crippen LogP contribution is -2.46. The van der Waals surface area contributed by atoms with E-state index in [-0.39, 0.29) is 24.7 Å². The van der Waals surface area contributed by atoms with Gasteiger partial charge in [-0.15, -0.1) is 0 Å². The van der Waals surface area contributed by atoms with E-state index in [1.807, 2.05) is 0 Å². The van der Waals surface area contributed by atoms with Gasteiger partial charge < -0.3 is 15.0 Å². The van der Waals surface area contributed by atoms with Gasteiger partial charge in [0.05, 0.1) is 7.11 Å². The Hall–Kier alpha value is -2.96. The summed E-state index contributed by atoms with van der Waals surface area (Å²) in [6.45, 7) is 1.90. The van der Waals surface area contributed by atoms with Gasteiger partial charge in [0.15, 0.2) is 0 Å². The molecule has 2 amide bonds. The molecule has 0 aliphatic heterocycles. The Bertz CT molecular complexity index is 701. The molecular formula is C19H20F2N2O3. The highest BCUT2D eigenvalue weighted by Gasteiger charge is 2.21. The molecule has 0 spiro atoms. The average molecular weight is 362 g/mol. The van der Waals surface area contributed by atoms with Crippen molar-refractivity contribution < 1.29 is 23.1 Å². The van der Waals surface area contributed by atoms with E-state index in [9.17, 15) is 18.4 Å². The fourth-order valence-corrected chi connectivity index (χ4v) is 2.33. The van der Waals surface area contributed by atoms with Gasteiger partial charge in [-0.25, -0.2) is 18.4 Å². The van der Waals surface area contributed by atoms with E-state index < -0.39 is 18.0 Å². The number of hydrogen-bond acceptors (Lipinski definition) is 3. The fraction of sp³-hybridized carbons (Fsp3) is 0.263. The van der Waals surface area contributed by atoms with Gasteiger partial charge in [0.25, 0.3) is 0 Å². The van der Waals surface area contributed by atoms with Crippen LogP contribution in [0.4, 0.5) is 13.6 Å². The predicted molar refractivity (Wildman–Crippen MR) is 92.1 cm³/mol. The van der Waals surface area contributed by atoms with Crippen LogP contribution in [0.15, 0.2) is 48.5 Å². The summed E-state index contributed by atoms with van der Waals surface area (Å²) < 4.78 is 30.8. The van der Waals surface area contributed by atoms with Crippen LogP contribution in [0.3, 0.4) is 0 Å². The Morgan fingerprint density at radius 3 is 1.77 bits per heavy atom. The van der Waals surface area contributed by atoms with Crippen molar-refractivity contribution in [1.82, 2.24) is 10.2 Å². The molecule has 0 bridgehead atoms. The maximum atomic E-state index is 13.1. The van der Waals surface area contributed by atoms with Crippen molar-refractivity contribution in [1.29, 1.82) is 0 Å². The van der Waals surface area contributed by atoms with Crippen LogP contribution in [0.1, 0.15) is 18.1 Å². The van der Waals surface area contributed by atoms with E-state index in [4.69, 9.17) is 0 Å². The zero-order valence-electron chi connectivity index (χ0n) is 14.5. The molecule has 0 heterocycles. The molecule has 7 heteroatoms. The number of esters is 1. The molecule has 2 aromatic carbocycles. The lowest BCUT2D eigenvalue weighted by atomic mass is 10.1. The van der Waals surface area contributed by atoms with Crippen molar-refractivity contribution in [2.45, 2.75) is 26.1 Å². The number of rotatable bonds is 6. The number of hydrogen-bond donors (Lipinski definition) is 1. The summed E-state index contributed by atoms with van der Waals surface area (Å²) in [6.07, 6.45) is 0. The van der Waals surface area contributed by atoms with Crippen LogP contribution in [-0.2, 0) is 22.6 Å². The molecule has 0 radical (unpaired) electrons. The van der Waals surface area contributed by atoms with E-state index in [2.05, 4.69) is 10.1 Å². The molecule has 1 unspecified atom stereocenters. The van der Waals surface area contributed by atoms with E-state index >= 15 is 0 Å². The molecular weight excluding hydrogens is 342 g/mol. The third-order valence-electron chi connectivity index (χ3n) is 3.76. The van der Waals surface area contributed by atoms with Gasteiger partial charge in [-0.05, 0) is 42.3 Å². The quantitative estimate of drug-likeness (QED) is 0.803. The number of urea groups is 1. The minimum Gasteiger partial charge on any atom is -0.467 e. The number of ether oxygens (including phenoxy) is 1. The van der Waals surface area contributed by atoms with Gasteiger partial charge >= 0.3 is 12.0 Å². The molecule has 0 saturated heterocycles. The number of nitrogens with one attached hydrogen (secondary N) is 1. The first-order chi connectivity index (χ1) is 12.4. The third-order valence-corrected chi connectivity index (χ3v) is 3.76. The van der Waals surface area contributed by atoms with Gasteiger partial charge in [-0.1, -0.05) is 24.3 Å². The maximum Gasteiger partial charge on any atom is 0.328 e. The normalized spacial score (nSPS) is 11.5. The van der Waals surface area contributed by atoms with Crippen LogP contribution in [0, 0.1) is 11.6 Å². The first-order valence-electron chi connectivity index (χ1n) is 8.01. The van der Waals surface area contributed by atoms with Gasteiger partial charge in [0.2, 0.25) is 0 Å². The summed E-state index contributed by atoms with van der Waals surface area (Å²) in [4.78, 5) is 25.5. The molecule has 0 aliphatic rings. The first-order valence-corrected chi connectivity index (χ1v) is 8.01. The molecule has 2 aromatic rings. The van der Waals surface area contributed by atoms with Crippen LogP contribution in [0.2, 0.25) is 0 Å². The second-order valence-electron chi connectivity index (χ2n) is 5.80. The second-order valence-corrected chi connectivity index (χ2v) is 5.80. The van der Waals surface area contributed by atoms with Gasteiger partial charge in [-0.2, -0.15) is 0 Å². The van der Waals surface area contributed by atoms with Crippen LogP contribution in [-0.4, -0.2) is 30.1 Å². The van der Waals surface area contributed by atoms with Crippen LogP contribution < -0.4 is 5.32 Å². The SMILES string of the molecule is COC(=O)C(C)NC(=O)N(Cc1ccc(F)cc1)Cc1ccc(F)cc1. The summed E-state index contributed by atoms with van der Waals surface area (Å²) >= 11 is 0. The maximum absolute atomic E-state index is 13.1. The largest absolute Gasteiger partial charge is 0.467 e. The lowest BCUT2D eigenvalue weighted by Gasteiger charge is -2.25. The van der Waals surface area contributed by atoms with E-state index in [1.165, 1.54) is 43.2 Å². The predicted octanol–water partition coefficient (Wildman–Crippen LogP) is 3.24. The van der Waals surface area contributed by atoms with Gasteiger partial charge in [0.1, 0.15) is 17.7 Å². The van der Waals surface area contributed by atoms with E-state index in [0.29, 0.717) is 0 Å². The number of benzene rings is 2. The average Bonchev–Trinajstić information content (AvgIpc) is 2.63. The van der Waals surface area contributed by atoms with Crippen LogP contribution >= 0.6 is 0 Å². The summed E-state index contributed by atoms with van der Waals surface area (Å²) in [5, 5.41) is 2.56. The summed E-state index contributed by atoms with van der Waals surface area (Å²) in [5.41, 5.74) is 1.43. The number of halogens is 2. The number of carbonyl (C=O) groups is 2. The Morgan fingerprint density at radius 2 is 1.38 bits per heavy atom. The smallest absolute Gasteiger partial charge is 0.328 e. The zero-order chi connectivity index (χ0) is 19.1. The lowest BCUT2D eigenvalue weighted by molar-refractivity contribution is -0.142. The van der Waals surface area contributed by atoms with Crippen LogP contribution in [0.5, 0.6) is 0 Å². The number of amides is 2. The standard InChI is InChI=1S/C19H20F2N2O3/c1-13(18(24)26-2)22-19(25)23(11-14-3-7-16(20)8-4-14)12-15-5-9-17(21)10-6-15/h3-10,13H,11-12H2,1-2H3,(H,22,25). The molecule has 26 heavy (non-hydrogen) atoms. The molecule has 0 saturated carbocycles. The molecule has 5 nitrogen and oxygen atoms in total. The molecule has 1 N–H and O–H groups in total. The third kappa shape index (κ3) is 5.54. The highest BCUT2D eigenvalue weighted by molar-refractivity contribution is 5.83. The van der Waals surface area contributed by atoms with Crippen molar-refractivity contribution >= 4 is 12.0 Å². The fourth-order valence-electron chi connectivity index (χ4n) is 2.33. The molecule has 2 rings (SSSR count). The van der Waals surface area contributed by atoms with Crippen molar-refractivity contribution in [2.75, 3.05) is 7.11 Å². The zero-order valence-corrected chi connectivity index (χ0v) is 14.5. The molecule has 0 fully saturated rings. The Labute approximate surface area is 150 Å². The summed E-state index contributed by atoms with van der Waals surface area (Å²) in [7, 11) is 1.24. The topological polar surface area (TPSA) is 58.6 Å². The van der Waals surface area contributed by atoms with E-state index in [1.54, 1.807) is 24.3 Å². The minimum absolute atomic E-state index is 0.192. The van der Waals surface area contributed by atoms with Crippen molar-refractivity contribution in [2.24, 2.45) is 0 Å². The van der Waals surface area contributed by atoms with Gasteiger partial charge in [0, 0.05) is 13.1 Å². The highest BCUT2D eigenvalue weighted by Crippen LogP contribution is 2.12. The van der Waals surface area contributed by atoms with Crippen molar-refractivity contribution in [3.63, 3.8) is 0 Å². The molecule has 0 aromatic heterocycles. The number of nitrogens with zero attached hydrogens (tertiary/aromatic N) is 1. The van der Waals surface area contributed by atoms with Gasteiger partial charge in [-0.3, -0.25) is 0 Å². The Balaban J connectivity index is 2.16. The monoisotopic (exact) mass is 362 g/mol. The highest BCUT2D eigenvalue weighted by atomic mass is 19.1. The van der Waals surface area contributed by atoms with Crippen LogP contribution in [0.25, 0.3) is 0 Å². The number of methoxy groups -OCH3 is 1. The summed E-state index contributed by atoms with van der Waals surface area (Å²) in [6, 6.07) is 10.2. The van der Waals surface area contributed by atoms with Crippen molar-refractivity contribution in [3.8, 4) is 0 Å². The summed E-state index contributed by atoms with van der Waals surface area (Å²) in [5.74, 6) is -1.31. The van der Waals surface area contributed by atoms with E-state index in [0.717, 1.165) is 11.1 Å². The molecule has 138 valence electrons.